The molecule has 1 amide bonds. The third-order valence-corrected chi connectivity index (χ3v) is 11.1. The Hall–Kier alpha value is -1.83. The Balaban J connectivity index is 1.63. The topological polar surface area (TPSA) is 130 Å². The minimum Gasteiger partial charge on any atom is -0.351 e. The van der Waals surface area contributed by atoms with Gasteiger partial charge in [-0.2, -0.15) is 8.61 Å². The number of hydrogen-bond acceptors (Lipinski definition) is 7. The lowest BCUT2D eigenvalue weighted by Gasteiger charge is -2.32. The van der Waals surface area contributed by atoms with Gasteiger partial charge in [0.05, 0.1) is 5.75 Å². The largest absolute Gasteiger partial charge is 0.351 e. The van der Waals surface area contributed by atoms with E-state index in [-0.39, 0.29) is 35.1 Å². The first-order valence-electron chi connectivity index (χ1n) is 10.8. The molecule has 9 nitrogen and oxygen atoms in total. The van der Waals surface area contributed by atoms with E-state index in [4.69, 9.17) is 5.73 Å². The van der Waals surface area contributed by atoms with Crippen molar-refractivity contribution >= 4 is 37.3 Å². The van der Waals surface area contributed by atoms with Gasteiger partial charge in [0.1, 0.15) is 4.21 Å². The molecular formula is C21H28N4O5S3. The van der Waals surface area contributed by atoms with Gasteiger partial charge in [0.15, 0.2) is 6.17 Å². The van der Waals surface area contributed by atoms with Gasteiger partial charge in [-0.15, -0.1) is 11.3 Å². The molecule has 0 spiro atoms. The third-order valence-electron chi connectivity index (χ3n) is 6.05. The van der Waals surface area contributed by atoms with Crippen molar-refractivity contribution in [1.29, 1.82) is 0 Å². The molecule has 1 aromatic carbocycles. The number of benzene rings is 1. The predicted octanol–water partition coefficient (Wildman–Crippen LogP) is 1.30. The fourth-order valence-electron chi connectivity index (χ4n) is 4.32. The summed E-state index contributed by atoms with van der Waals surface area (Å²) in [5.74, 6) is -0.937. The molecule has 2 fully saturated rings. The van der Waals surface area contributed by atoms with Crippen molar-refractivity contribution < 1.29 is 21.6 Å². The van der Waals surface area contributed by atoms with Crippen LogP contribution >= 0.6 is 11.3 Å². The number of carbonyl (C=O) groups is 1. The molecule has 1 saturated carbocycles. The first-order chi connectivity index (χ1) is 15.7. The van der Waals surface area contributed by atoms with Crippen LogP contribution in [0.5, 0.6) is 0 Å². The monoisotopic (exact) mass is 512 g/mol. The van der Waals surface area contributed by atoms with Gasteiger partial charge >= 0.3 is 0 Å². The highest BCUT2D eigenvalue weighted by atomic mass is 32.2. The van der Waals surface area contributed by atoms with Crippen molar-refractivity contribution in [3.63, 3.8) is 0 Å². The first-order valence-corrected chi connectivity index (χ1v) is 14.8. The molecule has 33 heavy (non-hydrogen) atoms. The number of rotatable bonds is 7. The Labute approximate surface area is 198 Å². The lowest BCUT2D eigenvalue weighted by atomic mass is 9.92. The molecular weight excluding hydrogens is 484 g/mol. The smallest absolute Gasteiger partial charge is 0.254 e. The maximum atomic E-state index is 13.4. The number of nitrogens with zero attached hydrogens (tertiary/aromatic N) is 2. The minimum atomic E-state index is -4.04. The molecule has 1 saturated heterocycles. The summed E-state index contributed by atoms with van der Waals surface area (Å²) >= 11 is 1.03. The van der Waals surface area contributed by atoms with Crippen molar-refractivity contribution in [1.82, 2.24) is 13.9 Å². The number of hydrogen-bond donors (Lipinski definition) is 2. The van der Waals surface area contributed by atoms with Crippen LogP contribution in [0, 0.1) is 0 Å². The number of nitrogens with two attached hydrogens (primary N) is 1. The highest BCUT2D eigenvalue weighted by Gasteiger charge is 2.49. The van der Waals surface area contributed by atoms with E-state index in [1.54, 1.807) is 41.8 Å². The maximum absolute atomic E-state index is 13.4. The van der Waals surface area contributed by atoms with Gasteiger partial charge < -0.3 is 11.1 Å². The van der Waals surface area contributed by atoms with Crippen LogP contribution in [-0.4, -0.2) is 62.7 Å². The molecule has 0 bridgehead atoms. The van der Waals surface area contributed by atoms with E-state index in [9.17, 15) is 21.6 Å². The SMILES string of the molecule is NC1CCC(NC(=O)C2N(S(=O)(=O)Cc3ccccc3)CCN2S(=O)(=O)c2cccs2)CC1. The molecule has 3 N–H and O–H groups in total. The summed E-state index contributed by atoms with van der Waals surface area (Å²) in [7, 11) is -8.01. The Kier molecular flexibility index (Phi) is 7.22. The zero-order valence-corrected chi connectivity index (χ0v) is 20.5. The predicted molar refractivity (Wildman–Crippen MR) is 126 cm³/mol. The van der Waals surface area contributed by atoms with Crippen LogP contribution < -0.4 is 11.1 Å². The molecule has 1 aliphatic heterocycles. The lowest BCUT2D eigenvalue weighted by molar-refractivity contribution is -0.127. The summed E-state index contributed by atoms with van der Waals surface area (Å²) in [4.78, 5) is 13.4. The van der Waals surface area contributed by atoms with E-state index in [0.29, 0.717) is 18.4 Å². The molecule has 180 valence electrons. The van der Waals surface area contributed by atoms with Crippen LogP contribution in [0.1, 0.15) is 31.2 Å². The Morgan fingerprint density at radius 1 is 0.970 bits per heavy atom. The van der Waals surface area contributed by atoms with Crippen molar-refractivity contribution in [3.8, 4) is 0 Å². The van der Waals surface area contributed by atoms with Crippen LogP contribution in [-0.2, 0) is 30.6 Å². The molecule has 0 radical (unpaired) electrons. The summed E-state index contributed by atoms with van der Waals surface area (Å²) < 4.78 is 55.3. The minimum absolute atomic E-state index is 0.0752. The molecule has 2 aliphatic rings. The Morgan fingerprint density at radius 3 is 2.27 bits per heavy atom. The number of amides is 1. The van der Waals surface area contributed by atoms with Gasteiger partial charge in [-0.3, -0.25) is 4.79 Å². The van der Waals surface area contributed by atoms with Crippen LogP contribution in [0.4, 0.5) is 0 Å². The summed E-state index contributed by atoms with van der Waals surface area (Å²) in [6, 6.07) is 11.6. The van der Waals surface area contributed by atoms with E-state index in [2.05, 4.69) is 5.32 Å². The summed E-state index contributed by atoms with van der Waals surface area (Å²) in [5.41, 5.74) is 6.52. The molecule has 12 heteroatoms. The standard InChI is InChI=1S/C21H28N4O5S3/c22-17-8-10-18(11-9-17)23-20(26)21-24(32(27,28)15-16-5-2-1-3-6-16)12-13-25(21)33(29,30)19-7-4-14-31-19/h1-7,14,17-18,21H,8-13,15,22H2,(H,23,26). The lowest BCUT2D eigenvalue weighted by Crippen LogP contribution is -2.56. The number of nitrogens with one attached hydrogen (secondary N) is 1. The number of carbonyl (C=O) groups excluding carboxylic acids is 1. The molecule has 2 heterocycles. The average Bonchev–Trinajstić information content (AvgIpc) is 3.47. The molecule has 4 rings (SSSR count). The zero-order valence-electron chi connectivity index (χ0n) is 18.0. The van der Waals surface area contributed by atoms with Crippen LogP contribution in [0.15, 0.2) is 52.1 Å². The maximum Gasteiger partial charge on any atom is 0.254 e. The number of sulfonamides is 2. The van der Waals surface area contributed by atoms with E-state index in [0.717, 1.165) is 32.8 Å². The third kappa shape index (κ3) is 5.31. The van der Waals surface area contributed by atoms with E-state index in [1.165, 1.54) is 6.07 Å². The van der Waals surface area contributed by atoms with E-state index in [1.807, 2.05) is 0 Å². The molecule has 1 unspecified atom stereocenters. The Morgan fingerprint density at radius 2 is 1.64 bits per heavy atom. The van der Waals surface area contributed by atoms with Gasteiger partial charge in [0.25, 0.3) is 15.9 Å². The van der Waals surface area contributed by atoms with Gasteiger partial charge in [0.2, 0.25) is 10.0 Å². The zero-order chi connectivity index (χ0) is 23.6. The quantitative estimate of drug-likeness (QED) is 0.575. The van der Waals surface area contributed by atoms with Gasteiger partial charge in [-0.05, 0) is 42.7 Å². The summed E-state index contributed by atoms with van der Waals surface area (Å²) in [5, 5.41) is 4.52. The normalized spacial score (nSPS) is 25.2. The highest BCUT2D eigenvalue weighted by molar-refractivity contribution is 7.91. The highest BCUT2D eigenvalue weighted by Crippen LogP contribution is 2.30. The molecule has 1 aromatic heterocycles. The molecule has 1 atom stereocenters. The van der Waals surface area contributed by atoms with Gasteiger partial charge in [0, 0.05) is 25.2 Å². The second-order valence-corrected chi connectivity index (χ2v) is 13.4. The number of thiophene rings is 1. The van der Waals surface area contributed by atoms with Crippen LogP contribution in [0.3, 0.4) is 0 Å². The molecule has 1 aliphatic carbocycles. The fourth-order valence-corrected chi connectivity index (χ4v) is 8.70. The second-order valence-electron chi connectivity index (χ2n) is 8.39. The van der Waals surface area contributed by atoms with Gasteiger partial charge in [-0.25, -0.2) is 16.8 Å². The van der Waals surface area contributed by atoms with Crippen LogP contribution in [0.2, 0.25) is 0 Å². The molecule has 2 aromatic rings. The van der Waals surface area contributed by atoms with Crippen molar-refractivity contribution in [2.24, 2.45) is 5.73 Å². The van der Waals surface area contributed by atoms with Crippen molar-refractivity contribution in [2.45, 2.75) is 53.9 Å². The average molecular weight is 513 g/mol. The summed E-state index contributed by atoms with van der Waals surface area (Å²) in [6.45, 7) is -0.185. The van der Waals surface area contributed by atoms with E-state index >= 15 is 0 Å². The van der Waals surface area contributed by atoms with Crippen molar-refractivity contribution in [2.75, 3.05) is 13.1 Å². The van der Waals surface area contributed by atoms with Crippen molar-refractivity contribution in [3.05, 3.63) is 53.4 Å². The Bertz CT molecular complexity index is 1160. The first kappa shape index (κ1) is 24.3. The summed E-state index contributed by atoms with van der Waals surface area (Å²) in [6.07, 6.45) is 1.38. The van der Waals surface area contributed by atoms with Crippen LogP contribution in [0.25, 0.3) is 0 Å². The fraction of sp³-hybridized carbons (Fsp3) is 0.476. The second kappa shape index (κ2) is 9.80. The van der Waals surface area contributed by atoms with E-state index < -0.39 is 32.1 Å². The van der Waals surface area contributed by atoms with Gasteiger partial charge in [-0.1, -0.05) is 36.4 Å².